The number of halogens is 6. The van der Waals surface area contributed by atoms with Crippen LogP contribution in [0.3, 0.4) is 0 Å². The molecule has 0 fully saturated rings. The fraction of sp³-hybridized carbons (Fsp3) is 0.154. The molecule has 0 atom stereocenters. The molecule has 3 rings (SSSR count). The molecule has 0 aliphatic heterocycles. The molecule has 3 heterocycles. The Morgan fingerprint density at radius 2 is 1.60 bits per heavy atom. The summed E-state index contributed by atoms with van der Waals surface area (Å²) in [6.07, 6.45) is -8.91. The molecular weight excluding hydrogens is 354 g/mol. The molecule has 0 aliphatic rings. The largest absolute Gasteiger partial charge is 0.433 e. The SMILES string of the molecule is Nc1cnn(-c2ccc3c(C(F)(F)F)cc(C(F)(F)F)nc3n2)c1N. The molecule has 6 nitrogen and oxygen atoms in total. The zero-order valence-corrected chi connectivity index (χ0v) is 12.0. The second-order valence-corrected chi connectivity index (χ2v) is 4.99. The second kappa shape index (κ2) is 5.22. The predicted molar refractivity (Wildman–Crippen MR) is 75.5 cm³/mol. The normalized spacial score (nSPS) is 12.7. The third-order valence-electron chi connectivity index (χ3n) is 3.31. The lowest BCUT2D eigenvalue weighted by Crippen LogP contribution is -2.14. The van der Waals surface area contributed by atoms with Crippen molar-refractivity contribution in [1.29, 1.82) is 0 Å². The second-order valence-electron chi connectivity index (χ2n) is 4.99. The van der Waals surface area contributed by atoms with E-state index in [0.29, 0.717) is 0 Å². The number of pyridine rings is 2. The lowest BCUT2D eigenvalue weighted by atomic mass is 10.1. The van der Waals surface area contributed by atoms with Gasteiger partial charge in [0.05, 0.1) is 17.4 Å². The highest BCUT2D eigenvalue weighted by atomic mass is 19.4. The Bertz CT molecular complexity index is 958. The number of nitrogens with two attached hydrogens (primary N) is 2. The van der Waals surface area contributed by atoms with Gasteiger partial charge in [-0.25, -0.2) is 9.97 Å². The summed E-state index contributed by atoms with van der Waals surface area (Å²) in [5.74, 6) is -0.184. The molecule has 0 saturated heterocycles. The van der Waals surface area contributed by atoms with Crippen molar-refractivity contribution < 1.29 is 26.3 Å². The summed E-state index contributed by atoms with van der Waals surface area (Å²) in [4.78, 5) is 6.92. The van der Waals surface area contributed by atoms with Crippen molar-refractivity contribution in [3.05, 3.63) is 35.7 Å². The van der Waals surface area contributed by atoms with Crippen LogP contribution in [0.4, 0.5) is 37.8 Å². The maximum absolute atomic E-state index is 13.1. The van der Waals surface area contributed by atoms with Crippen LogP contribution < -0.4 is 11.5 Å². The van der Waals surface area contributed by atoms with Crippen molar-refractivity contribution in [2.75, 3.05) is 11.5 Å². The van der Waals surface area contributed by atoms with E-state index in [2.05, 4.69) is 15.1 Å². The van der Waals surface area contributed by atoms with Crippen molar-refractivity contribution in [2.45, 2.75) is 12.4 Å². The molecule has 0 aliphatic carbocycles. The zero-order valence-electron chi connectivity index (χ0n) is 12.0. The van der Waals surface area contributed by atoms with Crippen LogP contribution in [0.1, 0.15) is 11.3 Å². The number of aromatic nitrogens is 4. The molecule has 0 amide bonds. The Hall–Kier alpha value is -3.05. The molecule has 25 heavy (non-hydrogen) atoms. The number of nitrogens with zero attached hydrogens (tertiary/aromatic N) is 4. The van der Waals surface area contributed by atoms with Gasteiger partial charge < -0.3 is 11.5 Å². The molecule has 0 saturated carbocycles. The molecule has 0 bridgehead atoms. The van der Waals surface area contributed by atoms with Gasteiger partial charge in [-0.1, -0.05) is 0 Å². The van der Waals surface area contributed by atoms with Gasteiger partial charge in [0.15, 0.2) is 17.3 Å². The Kier molecular flexibility index (Phi) is 3.51. The number of alkyl halides is 6. The minimum Gasteiger partial charge on any atom is -0.394 e. The van der Waals surface area contributed by atoms with E-state index in [-0.39, 0.29) is 23.4 Å². The maximum atomic E-state index is 13.1. The van der Waals surface area contributed by atoms with E-state index in [4.69, 9.17) is 11.5 Å². The quantitative estimate of drug-likeness (QED) is 0.649. The van der Waals surface area contributed by atoms with Gasteiger partial charge in [0, 0.05) is 5.39 Å². The fourth-order valence-electron chi connectivity index (χ4n) is 2.15. The predicted octanol–water partition coefficient (Wildman–Crippen LogP) is 3.02. The van der Waals surface area contributed by atoms with E-state index in [0.717, 1.165) is 16.8 Å². The van der Waals surface area contributed by atoms with E-state index < -0.39 is 34.6 Å². The Labute approximate surface area is 135 Å². The molecule has 0 radical (unpaired) electrons. The highest BCUT2D eigenvalue weighted by molar-refractivity contribution is 5.81. The van der Waals surface area contributed by atoms with E-state index in [9.17, 15) is 26.3 Å². The summed E-state index contributed by atoms with van der Waals surface area (Å²) in [5, 5.41) is 3.19. The molecule has 0 aromatic carbocycles. The first-order chi connectivity index (χ1) is 11.5. The molecule has 132 valence electrons. The molecule has 3 aromatic heterocycles. The Morgan fingerprint density at radius 1 is 0.920 bits per heavy atom. The Morgan fingerprint density at radius 3 is 2.12 bits per heavy atom. The first-order valence-corrected chi connectivity index (χ1v) is 6.54. The zero-order chi connectivity index (χ0) is 18.6. The van der Waals surface area contributed by atoms with E-state index in [1.807, 2.05) is 0 Å². The van der Waals surface area contributed by atoms with Crippen molar-refractivity contribution in [2.24, 2.45) is 0 Å². The molecule has 0 spiro atoms. The average Bonchev–Trinajstić information content (AvgIpc) is 2.83. The number of hydrogen-bond donors (Lipinski definition) is 2. The van der Waals surface area contributed by atoms with Crippen LogP contribution in [-0.2, 0) is 12.4 Å². The van der Waals surface area contributed by atoms with Crippen molar-refractivity contribution in [3.8, 4) is 5.82 Å². The number of anilines is 2. The summed E-state index contributed by atoms with van der Waals surface area (Å²) < 4.78 is 78.9. The topological polar surface area (TPSA) is 95.6 Å². The molecule has 0 unspecified atom stereocenters. The molecular formula is C13H8F6N6. The van der Waals surface area contributed by atoms with Crippen molar-refractivity contribution in [3.63, 3.8) is 0 Å². The minimum atomic E-state index is -5.07. The molecule has 3 aromatic rings. The Balaban J connectivity index is 2.30. The maximum Gasteiger partial charge on any atom is 0.433 e. The van der Waals surface area contributed by atoms with Crippen LogP contribution in [0.2, 0.25) is 0 Å². The van der Waals surface area contributed by atoms with Crippen LogP contribution in [0, 0.1) is 0 Å². The summed E-state index contributed by atoms with van der Waals surface area (Å²) in [6, 6.07) is 2.02. The molecule has 4 N–H and O–H groups in total. The summed E-state index contributed by atoms with van der Waals surface area (Å²) in [5.41, 5.74) is 7.28. The number of fused-ring (bicyclic) bond motifs is 1. The van der Waals surface area contributed by atoms with Crippen molar-refractivity contribution in [1.82, 2.24) is 19.7 Å². The lowest BCUT2D eigenvalue weighted by Gasteiger charge is -2.14. The fourth-order valence-corrected chi connectivity index (χ4v) is 2.15. The van der Waals surface area contributed by atoms with Gasteiger partial charge in [0.2, 0.25) is 0 Å². The van der Waals surface area contributed by atoms with Gasteiger partial charge >= 0.3 is 12.4 Å². The van der Waals surface area contributed by atoms with Gasteiger partial charge in [0.25, 0.3) is 0 Å². The highest BCUT2D eigenvalue weighted by Crippen LogP contribution is 2.38. The van der Waals surface area contributed by atoms with E-state index in [1.165, 1.54) is 6.20 Å². The number of rotatable bonds is 1. The highest BCUT2D eigenvalue weighted by Gasteiger charge is 2.39. The van der Waals surface area contributed by atoms with Crippen LogP contribution in [0.15, 0.2) is 24.4 Å². The molecule has 12 heteroatoms. The smallest absolute Gasteiger partial charge is 0.394 e. The standard InChI is InChI=1S/C13H8F6N6/c14-12(15,16)6-3-8(13(17,18)19)23-11-5(6)1-2-9(24-11)25-10(21)7(20)4-22-25/h1-4H,20-21H2. The number of hydrogen-bond acceptors (Lipinski definition) is 5. The van der Waals surface area contributed by atoms with Gasteiger partial charge in [-0.3, -0.25) is 0 Å². The first-order valence-electron chi connectivity index (χ1n) is 6.54. The first kappa shape index (κ1) is 16.8. The van der Waals surface area contributed by atoms with Gasteiger partial charge in [-0.05, 0) is 18.2 Å². The van der Waals surface area contributed by atoms with E-state index >= 15 is 0 Å². The third-order valence-corrected chi connectivity index (χ3v) is 3.31. The van der Waals surface area contributed by atoms with Crippen LogP contribution in [0.25, 0.3) is 16.9 Å². The van der Waals surface area contributed by atoms with Crippen molar-refractivity contribution >= 4 is 22.5 Å². The van der Waals surface area contributed by atoms with Gasteiger partial charge in [-0.15, -0.1) is 0 Å². The average molecular weight is 362 g/mol. The lowest BCUT2D eigenvalue weighted by molar-refractivity contribution is -0.144. The minimum absolute atomic E-state index is 0.0516. The third kappa shape index (κ3) is 2.90. The van der Waals surface area contributed by atoms with Gasteiger partial charge in [-0.2, -0.15) is 36.1 Å². The van der Waals surface area contributed by atoms with E-state index in [1.54, 1.807) is 0 Å². The summed E-state index contributed by atoms with van der Waals surface area (Å²) in [7, 11) is 0. The summed E-state index contributed by atoms with van der Waals surface area (Å²) >= 11 is 0. The monoisotopic (exact) mass is 362 g/mol. The van der Waals surface area contributed by atoms with Crippen LogP contribution in [-0.4, -0.2) is 19.7 Å². The summed E-state index contributed by atoms with van der Waals surface area (Å²) in [6.45, 7) is 0. The van der Waals surface area contributed by atoms with Crippen LogP contribution in [0.5, 0.6) is 0 Å². The number of nitrogen functional groups attached to an aromatic ring is 2. The van der Waals surface area contributed by atoms with Gasteiger partial charge in [0.1, 0.15) is 5.69 Å². The van der Waals surface area contributed by atoms with Crippen LogP contribution >= 0.6 is 0 Å².